The topological polar surface area (TPSA) is 83.5 Å². The van der Waals surface area contributed by atoms with Gasteiger partial charge in [-0.3, -0.25) is 4.79 Å². The first-order valence-electron chi connectivity index (χ1n) is 6.97. The Morgan fingerprint density at radius 1 is 1.38 bits per heavy atom. The van der Waals surface area contributed by atoms with Crippen molar-refractivity contribution in [2.45, 2.75) is 36.4 Å². The summed E-state index contributed by atoms with van der Waals surface area (Å²) in [5, 5.41) is 10.9. The van der Waals surface area contributed by atoms with Crippen LogP contribution in [0.25, 0.3) is 0 Å². The van der Waals surface area contributed by atoms with Crippen molar-refractivity contribution in [3.63, 3.8) is 0 Å². The Bertz CT molecular complexity index is 758. The van der Waals surface area contributed by atoms with Crippen LogP contribution < -0.4 is 5.32 Å². The van der Waals surface area contributed by atoms with Crippen molar-refractivity contribution in [2.24, 2.45) is 5.92 Å². The zero-order valence-corrected chi connectivity index (χ0v) is 14.1. The largest absolute Gasteiger partial charge is 0.426 e. The molecule has 1 fully saturated rings. The van der Waals surface area contributed by atoms with Crippen molar-refractivity contribution in [3.8, 4) is 0 Å². The number of benzene rings is 1. The lowest BCUT2D eigenvalue weighted by molar-refractivity contribution is -0.242. The average molecular weight is 386 g/mol. The van der Waals surface area contributed by atoms with Crippen molar-refractivity contribution < 1.29 is 31.5 Å². The number of sulfone groups is 1. The van der Waals surface area contributed by atoms with Crippen molar-refractivity contribution in [2.75, 3.05) is 11.1 Å². The molecule has 0 radical (unpaired) electrons. The molecule has 0 aliphatic heterocycles. The molecule has 2 N–H and O–H groups in total. The SMILES string of the molecule is CC(O)(C(=O)Nc1ccc(S(=O)(=O)CC2CC2)cc1Cl)C(F)(F)F. The molecule has 1 aliphatic carbocycles. The fourth-order valence-electron chi connectivity index (χ4n) is 1.85. The van der Waals surface area contributed by atoms with Crippen LogP contribution in [0.4, 0.5) is 18.9 Å². The van der Waals surface area contributed by atoms with Gasteiger partial charge in [-0.25, -0.2) is 8.42 Å². The van der Waals surface area contributed by atoms with Gasteiger partial charge in [0.05, 0.1) is 21.4 Å². The lowest BCUT2D eigenvalue weighted by Gasteiger charge is -2.25. The summed E-state index contributed by atoms with van der Waals surface area (Å²) in [6.45, 7) is 0.310. The van der Waals surface area contributed by atoms with E-state index in [0.29, 0.717) is 6.92 Å². The molecule has 0 spiro atoms. The predicted molar refractivity (Wildman–Crippen MR) is 81.5 cm³/mol. The summed E-state index contributed by atoms with van der Waals surface area (Å²) in [7, 11) is -3.54. The lowest BCUT2D eigenvalue weighted by Crippen LogP contribution is -2.52. The minimum absolute atomic E-state index is 0.0161. The van der Waals surface area contributed by atoms with Gasteiger partial charge in [0, 0.05) is 0 Å². The summed E-state index contributed by atoms with van der Waals surface area (Å²) < 4.78 is 62.1. The predicted octanol–water partition coefficient (Wildman–Crippen LogP) is 2.78. The Morgan fingerprint density at radius 2 is 1.96 bits per heavy atom. The highest BCUT2D eigenvalue weighted by atomic mass is 35.5. The normalized spacial score (nSPS) is 18.1. The van der Waals surface area contributed by atoms with Crippen LogP contribution in [0, 0.1) is 5.92 Å². The Balaban J connectivity index is 2.20. The number of carbonyl (C=O) groups is 1. The molecule has 1 aromatic carbocycles. The zero-order valence-electron chi connectivity index (χ0n) is 12.5. The van der Waals surface area contributed by atoms with E-state index in [1.807, 2.05) is 5.32 Å². The van der Waals surface area contributed by atoms with Gasteiger partial charge in [-0.05, 0) is 43.9 Å². The van der Waals surface area contributed by atoms with Crippen LogP contribution in [-0.4, -0.2) is 37.0 Å². The fourth-order valence-corrected chi connectivity index (χ4v) is 3.87. The monoisotopic (exact) mass is 385 g/mol. The van der Waals surface area contributed by atoms with E-state index in [1.54, 1.807) is 0 Å². The number of hydrogen-bond donors (Lipinski definition) is 2. The van der Waals surface area contributed by atoms with Gasteiger partial charge < -0.3 is 10.4 Å². The molecule has 1 amide bonds. The van der Waals surface area contributed by atoms with Crippen LogP contribution in [0.5, 0.6) is 0 Å². The molecule has 1 aliphatic rings. The number of aliphatic hydroxyl groups is 1. The Morgan fingerprint density at radius 3 is 2.42 bits per heavy atom. The lowest BCUT2D eigenvalue weighted by atomic mass is 10.1. The summed E-state index contributed by atoms with van der Waals surface area (Å²) >= 11 is 5.85. The zero-order chi connectivity index (χ0) is 18.3. The summed E-state index contributed by atoms with van der Waals surface area (Å²) in [6, 6.07) is 3.31. The van der Waals surface area contributed by atoms with Gasteiger partial charge in [0.25, 0.3) is 5.91 Å². The van der Waals surface area contributed by atoms with Gasteiger partial charge in [0.2, 0.25) is 5.60 Å². The molecule has 0 saturated heterocycles. The summed E-state index contributed by atoms with van der Waals surface area (Å²) in [5.74, 6) is -1.61. The number of halogens is 4. The van der Waals surface area contributed by atoms with Crippen LogP contribution in [0.1, 0.15) is 19.8 Å². The van der Waals surface area contributed by atoms with Gasteiger partial charge in [-0.15, -0.1) is 0 Å². The first-order chi connectivity index (χ1) is 10.8. The second-order valence-electron chi connectivity index (χ2n) is 5.89. The minimum atomic E-state index is -5.17. The molecular formula is C14H15ClF3NO4S. The molecule has 1 atom stereocenters. The summed E-state index contributed by atoms with van der Waals surface area (Å²) in [6.07, 6.45) is -3.49. The first kappa shape index (κ1) is 19.0. The van der Waals surface area contributed by atoms with Gasteiger partial charge in [0.1, 0.15) is 0 Å². The van der Waals surface area contributed by atoms with E-state index in [1.165, 1.54) is 0 Å². The van der Waals surface area contributed by atoms with Crippen LogP contribution in [0.3, 0.4) is 0 Å². The van der Waals surface area contributed by atoms with E-state index >= 15 is 0 Å². The van der Waals surface area contributed by atoms with Crippen molar-refractivity contribution in [3.05, 3.63) is 23.2 Å². The highest BCUT2D eigenvalue weighted by molar-refractivity contribution is 7.91. The Labute approximate surface area is 141 Å². The van der Waals surface area contributed by atoms with Gasteiger partial charge in [-0.1, -0.05) is 11.6 Å². The fraction of sp³-hybridized carbons (Fsp3) is 0.500. The van der Waals surface area contributed by atoms with Gasteiger partial charge in [0.15, 0.2) is 9.84 Å². The van der Waals surface area contributed by atoms with E-state index in [9.17, 15) is 31.5 Å². The highest BCUT2D eigenvalue weighted by Gasteiger charge is 2.55. The van der Waals surface area contributed by atoms with Crippen molar-refractivity contribution >= 4 is 33.0 Å². The molecule has 10 heteroatoms. The maximum Gasteiger partial charge on any atom is 0.426 e. The number of anilines is 1. The number of nitrogens with one attached hydrogen (secondary N) is 1. The van der Waals surface area contributed by atoms with E-state index in [-0.39, 0.29) is 27.3 Å². The maximum absolute atomic E-state index is 12.6. The number of rotatable bonds is 5. The number of carbonyl (C=O) groups excluding carboxylic acids is 1. The van der Waals surface area contributed by atoms with Crippen LogP contribution in [-0.2, 0) is 14.6 Å². The van der Waals surface area contributed by atoms with Crippen LogP contribution >= 0.6 is 11.6 Å². The molecule has 134 valence electrons. The average Bonchev–Trinajstić information content (AvgIpc) is 3.22. The standard InChI is InChI=1S/C14H15ClF3NO4S/c1-13(21,14(16,17)18)12(20)19-11-5-4-9(6-10(11)15)24(22,23)7-8-2-3-8/h4-6,8,21H,2-3,7H2,1H3,(H,19,20). The Hall–Kier alpha value is -1.32. The maximum atomic E-state index is 12.6. The third kappa shape index (κ3) is 4.01. The van der Waals surface area contributed by atoms with E-state index in [2.05, 4.69) is 0 Å². The minimum Gasteiger partial charge on any atom is -0.373 e. The van der Waals surface area contributed by atoms with E-state index in [4.69, 9.17) is 11.6 Å². The molecule has 5 nitrogen and oxygen atoms in total. The molecular weight excluding hydrogens is 371 g/mol. The highest BCUT2D eigenvalue weighted by Crippen LogP contribution is 2.35. The third-order valence-corrected chi connectivity index (χ3v) is 5.89. The molecule has 0 bridgehead atoms. The number of amides is 1. The van der Waals surface area contributed by atoms with Crippen molar-refractivity contribution in [1.29, 1.82) is 0 Å². The smallest absolute Gasteiger partial charge is 0.373 e. The van der Waals surface area contributed by atoms with Crippen LogP contribution in [0.15, 0.2) is 23.1 Å². The van der Waals surface area contributed by atoms with Gasteiger partial charge in [-0.2, -0.15) is 13.2 Å². The second kappa shape index (κ2) is 6.20. The van der Waals surface area contributed by atoms with Crippen molar-refractivity contribution in [1.82, 2.24) is 0 Å². The summed E-state index contributed by atoms with van der Waals surface area (Å²) in [4.78, 5) is 11.5. The molecule has 1 aromatic rings. The molecule has 0 heterocycles. The first-order valence-corrected chi connectivity index (χ1v) is 9.00. The molecule has 0 aromatic heterocycles. The summed E-state index contributed by atoms with van der Waals surface area (Å²) in [5.41, 5.74) is -3.83. The Kier molecular flexibility index (Phi) is 4.91. The van der Waals surface area contributed by atoms with E-state index in [0.717, 1.165) is 31.0 Å². The molecule has 24 heavy (non-hydrogen) atoms. The number of alkyl halides is 3. The second-order valence-corrected chi connectivity index (χ2v) is 8.33. The van der Waals surface area contributed by atoms with E-state index < -0.39 is 27.5 Å². The third-order valence-electron chi connectivity index (χ3n) is 3.69. The van der Waals surface area contributed by atoms with Crippen LogP contribution in [0.2, 0.25) is 5.02 Å². The quantitative estimate of drug-likeness (QED) is 0.816. The van der Waals surface area contributed by atoms with Gasteiger partial charge >= 0.3 is 6.18 Å². The molecule has 2 rings (SSSR count). The number of hydrogen-bond acceptors (Lipinski definition) is 4. The molecule has 1 saturated carbocycles. The molecule has 1 unspecified atom stereocenters.